The fourth-order valence-electron chi connectivity index (χ4n) is 2.43. The van der Waals surface area contributed by atoms with E-state index in [1.807, 2.05) is 44.2 Å². The lowest BCUT2D eigenvalue weighted by molar-refractivity contribution is 0.242. The van der Waals surface area contributed by atoms with Gasteiger partial charge in [0.15, 0.2) is 5.75 Å². The Morgan fingerprint density at radius 1 is 1.08 bits per heavy atom. The number of benzene rings is 2. The molecule has 1 N–H and O–H groups in total. The lowest BCUT2D eigenvalue weighted by Crippen LogP contribution is -2.17. The Morgan fingerprint density at radius 2 is 1.75 bits per heavy atom. The third-order valence-electron chi connectivity index (χ3n) is 3.50. The Kier molecular flexibility index (Phi) is 7.22. The zero-order chi connectivity index (χ0) is 17.5. The van der Waals surface area contributed by atoms with Crippen LogP contribution in [0.15, 0.2) is 36.4 Å². The number of hydrogen-bond donors (Lipinski definition) is 1. The van der Waals surface area contributed by atoms with Crippen LogP contribution in [0.2, 0.25) is 10.0 Å². The summed E-state index contributed by atoms with van der Waals surface area (Å²) >= 11 is 12.5. The van der Waals surface area contributed by atoms with Gasteiger partial charge in [-0.05, 0) is 56.1 Å². The van der Waals surface area contributed by atoms with E-state index in [9.17, 15) is 0 Å². The van der Waals surface area contributed by atoms with E-state index in [1.54, 1.807) is 7.11 Å². The summed E-state index contributed by atoms with van der Waals surface area (Å²) in [6.07, 6.45) is 0.921. The standard InChI is InChI=1S/C19H23Cl2NO2/c1-13(2)24-19-16(20)10-14(11-17(19)21)12-22-9-8-15-6-4-5-7-18(15)23-3/h4-7,10-11,13,22H,8-9,12H2,1-3H3. The Bertz CT molecular complexity index is 651. The van der Waals surface area contributed by atoms with E-state index in [2.05, 4.69) is 11.4 Å². The van der Waals surface area contributed by atoms with E-state index in [1.165, 1.54) is 5.56 Å². The molecule has 0 aromatic heterocycles. The molecule has 0 atom stereocenters. The first-order valence-corrected chi connectivity index (χ1v) is 8.74. The molecule has 0 amide bonds. The van der Waals surface area contributed by atoms with Gasteiger partial charge in [0.05, 0.1) is 23.3 Å². The number of nitrogens with one attached hydrogen (secondary N) is 1. The average Bonchev–Trinajstić information content (AvgIpc) is 2.55. The third-order valence-corrected chi connectivity index (χ3v) is 4.07. The van der Waals surface area contributed by atoms with Crippen LogP contribution in [0.4, 0.5) is 0 Å². The van der Waals surface area contributed by atoms with Crippen molar-refractivity contribution >= 4 is 23.2 Å². The molecule has 0 radical (unpaired) electrons. The molecule has 0 unspecified atom stereocenters. The highest BCUT2D eigenvalue weighted by atomic mass is 35.5. The molecule has 2 aromatic carbocycles. The highest BCUT2D eigenvalue weighted by Crippen LogP contribution is 2.34. The first kappa shape index (κ1) is 18.9. The van der Waals surface area contributed by atoms with Crippen LogP contribution in [0.5, 0.6) is 11.5 Å². The summed E-state index contributed by atoms with van der Waals surface area (Å²) in [5.74, 6) is 1.46. The van der Waals surface area contributed by atoms with Crippen molar-refractivity contribution in [2.45, 2.75) is 32.9 Å². The Morgan fingerprint density at radius 3 is 2.38 bits per heavy atom. The normalized spacial score (nSPS) is 10.9. The van der Waals surface area contributed by atoms with Gasteiger partial charge in [-0.1, -0.05) is 41.4 Å². The van der Waals surface area contributed by atoms with E-state index in [0.29, 0.717) is 22.3 Å². The SMILES string of the molecule is COc1ccccc1CCNCc1cc(Cl)c(OC(C)C)c(Cl)c1. The van der Waals surface area contributed by atoms with Gasteiger partial charge in [0.25, 0.3) is 0 Å². The molecule has 2 aromatic rings. The van der Waals surface area contributed by atoms with Crippen LogP contribution in [-0.4, -0.2) is 19.8 Å². The molecule has 0 aliphatic rings. The van der Waals surface area contributed by atoms with Crippen molar-refractivity contribution in [2.75, 3.05) is 13.7 Å². The third kappa shape index (κ3) is 5.30. The van der Waals surface area contributed by atoms with Crippen LogP contribution in [-0.2, 0) is 13.0 Å². The second-order valence-electron chi connectivity index (χ2n) is 5.79. The van der Waals surface area contributed by atoms with E-state index < -0.39 is 0 Å². The Balaban J connectivity index is 1.91. The maximum atomic E-state index is 6.27. The van der Waals surface area contributed by atoms with Gasteiger partial charge in [-0.25, -0.2) is 0 Å². The lowest BCUT2D eigenvalue weighted by Gasteiger charge is -2.15. The fraction of sp³-hybridized carbons (Fsp3) is 0.368. The summed E-state index contributed by atoms with van der Waals surface area (Å²) < 4.78 is 11.0. The number of methoxy groups -OCH3 is 1. The second kappa shape index (κ2) is 9.16. The van der Waals surface area contributed by atoms with Crippen LogP contribution >= 0.6 is 23.2 Å². The summed E-state index contributed by atoms with van der Waals surface area (Å²) in [5.41, 5.74) is 2.21. The van der Waals surface area contributed by atoms with Gasteiger partial charge >= 0.3 is 0 Å². The van der Waals surface area contributed by atoms with E-state index >= 15 is 0 Å². The Hall–Kier alpha value is -1.42. The van der Waals surface area contributed by atoms with Crippen molar-refractivity contribution in [3.8, 4) is 11.5 Å². The van der Waals surface area contributed by atoms with Gasteiger partial charge in [-0.3, -0.25) is 0 Å². The second-order valence-corrected chi connectivity index (χ2v) is 6.61. The largest absolute Gasteiger partial charge is 0.496 e. The first-order chi connectivity index (χ1) is 11.5. The van der Waals surface area contributed by atoms with Crippen LogP contribution in [0.25, 0.3) is 0 Å². The van der Waals surface area contributed by atoms with Crippen molar-refractivity contribution in [1.82, 2.24) is 5.32 Å². The van der Waals surface area contributed by atoms with Gasteiger partial charge in [0.2, 0.25) is 0 Å². The molecule has 0 fully saturated rings. The molecular formula is C19H23Cl2NO2. The summed E-state index contributed by atoms with van der Waals surface area (Å²) in [6.45, 7) is 5.41. The number of rotatable bonds is 8. The van der Waals surface area contributed by atoms with Gasteiger partial charge in [0, 0.05) is 6.54 Å². The molecule has 0 heterocycles. The number of ether oxygens (including phenoxy) is 2. The van der Waals surface area contributed by atoms with Gasteiger partial charge < -0.3 is 14.8 Å². The topological polar surface area (TPSA) is 30.5 Å². The zero-order valence-electron chi connectivity index (χ0n) is 14.2. The van der Waals surface area contributed by atoms with Gasteiger partial charge in [-0.2, -0.15) is 0 Å². The van der Waals surface area contributed by atoms with Crippen molar-refractivity contribution < 1.29 is 9.47 Å². The first-order valence-electron chi connectivity index (χ1n) is 7.98. The lowest BCUT2D eigenvalue weighted by atomic mass is 10.1. The van der Waals surface area contributed by atoms with Crippen LogP contribution < -0.4 is 14.8 Å². The quantitative estimate of drug-likeness (QED) is 0.656. The molecule has 3 nitrogen and oxygen atoms in total. The highest BCUT2D eigenvalue weighted by Gasteiger charge is 2.11. The minimum Gasteiger partial charge on any atom is -0.496 e. The van der Waals surface area contributed by atoms with E-state index in [0.717, 1.165) is 24.3 Å². The monoisotopic (exact) mass is 367 g/mol. The van der Waals surface area contributed by atoms with Crippen molar-refractivity contribution in [3.63, 3.8) is 0 Å². The van der Waals surface area contributed by atoms with E-state index in [-0.39, 0.29) is 6.10 Å². The van der Waals surface area contributed by atoms with Crippen LogP contribution in [0.1, 0.15) is 25.0 Å². The van der Waals surface area contributed by atoms with E-state index in [4.69, 9.17) is 32.7 Å². The summed E-state index contributed by atoms with van der Waals surface area (Å²) in [4.78, 5) is 0. The molecule has 5 heteroatoms. The van der Waals surface area contributed by atoms with Crippen molar-refractivity contribution in [3.05, 3.63) is 57.6 Å². The summed E-state index contributed by atoms with van der Waals surface area (Å²) in [5, 5.41) is 4.48. The number of para-hydroxylation sites is 1. The predicted octanol–water partition coefficient (Wildman–Crippen LogP) is 5.12. The van der Waals surface area contributed by atoms with Gasteiger partial charge in [0.1, 0.15) is 5.75 Å². The minimum atomic E-state index is 0.0322. The molecular weight excluding hydrogens is 345 g/mol. The Labute approximate surface area is 153 Å². The fourth-order valence-corrected chi connectivity index (χ4v) is 3.05. The molecule has 0 aliphatic carbocycles. The smallest absolute Gasteiger partial charge is 0.156 e. The number of hydrogen-bond acceptors (Lipinski definition) is 3. The summed E-state index contributed by atoms with van der Waals surface area (Å²) in [6, 6.07) is 11.8. The molecule has 2 rings (SSSR count). The van der Waals surface area contributed by atoms with Gasteiger partial charge in [-0.15, -0.1) is 0 Å². The minimum absolute atomic E-state index is 0.0322. The molecule has 24 heavy (non-hydrogen) atoms. The highest BCUT2D eigenvalue weighted by molar-refractivity contribution is 6.37. The maximum absolute atomic E-state index is 6.27. The van der Waals surface area contributed by atoms with Crippen molar-refractivity contribution in [2.24, 2.45) is 0 Å². The maximum Gasteiger partial charge on any atom is 0.156 e. The molecule has 130 valence electrons. The predicted molar refractivity (Wildman–Crippen MR) is 101 cm³/mol. The molecule has 0 spiro atoms. The molecule has 0 saturated carbocycles. The summed E-state index contributed by atoms with van der Waals surface area (Å²) in [7, 11) is 1.69. The van der Waals surface area contributed by atoms with Crippen LogP contribution in [0, 0.1) is 0 Å². The zero-order valence-corrected chi connectivity index (χ0v) is 15.7. The number of halogens is 2. The molecule has 0 saturated heterocycles. The molecule has 0 aliphatic heterocycles. The molecule has 0 bridgehead atoms. The van der Waals surface area contributed by atoms with Crippen molar-refractivity contribution in [1.29, 1.82) is 0 Å². The van der Waals surface area contributed by atoms with Crippen LogP contribution in [0.3, 0.4) is 0 Å². The average molecular weight is 368 g/mol.